The van der Waals surface area contributed by atoms with Crippen LogP contribution in [-0.2, 0) is 4.79 Å². The zero-order chi connectivity index (χ0) is 18.4. The molecule has 3 aromatic rings. The number of para-hydroxylation sites is 1. The van der Waals surface area contributed by atoms with Crippen LogP contribution in [0.1, 0.15) is 6.92 Å². The third kappa shape index (κ3) is 4.46. The first-order chi connectivity index (χ1) is 12.7. The third-order valence-electron chi connectivity index (χ3n) is 4.12. The van der Waals surface area contributed by atoms with Gasteiger partial charge in [-0.3, -0.25) is 4.79 Å². The van der Waals surface area contributed by atoms with Gasteiger partial charge in [0.05, 0.1) is 0 Å². The van der Waals surface area contributed by atoms with Gasteiger partial charge in [0.25, 0.3) is 0 Å². The molecule has 0 bridgehead atoms. The van der Waals surface area contributed by atoms with E-state index in [9.17, 15) is 4.79 Å². The summed E-state index contributed by atoms with van der Waals surface area (Å²) in [5.74, 6) is -0.0667. The summed E-state index contributed by atoms with van der Waals surface area (Å²) in [4.78, 5) is 13.8. The molecule has 1 amide bonds. The Morgan fingerprint density at radius 3 is 2.42 bits per heavy atom. The highest BCUT2D eigenvalue weighted by Crippen LogP contribution is 2.27. The topological polar surface area (TPSA) is 41.1 Å². The van der Waals surface area contributed by atoms with Crippen molar-refractivity contribution in [2.24, 2.45) is 0 Å². The van der Waals surface area contributed by atoms with Gasteiger partial charge in [-0.1, -0.05) is 54.6 Å². The zero-order valence-electron chi connectivity index (χ0n) is 14.9. The van der Waals surface area contributed by atoms with E-state index in [0.717, 1.165) is 27.4 Å². The molecule has 4 heteroatoms. The number of benzene rings is 3. The van der Waals surface area contributed by atoms with Crippen LogP contribution in [-0.4, -0.2) is 18.2 Å². The van der Waals surface area contributed by atoms with Crippen LogP contribution in [0.3, 0.4) is 0 Å². The fourth-order valence-electron chi connectivity index (χ4n) is 2.73. The van der Waals surface area contributed by atoms with E-state index in [2.05, 4.69) is 16.7 Å². The number of nitrogens with one attached hydrogen (secondary N) is 2. The summed E-state index contributed by atoms with van der Waals surface area (Å²) < 4.78 is 0. The van der Waals surface area contributed by atoms with E-state index in [0.29, 0.717) is 0 Å². The highest BCUT2D eigenvalue weighted by molar-refractivity contribution is 7.98. The van der Waals surface area contributed by atoms with Gasteiger partial charge in [0.1, 0.15) is 6.04 Å². The maximum Gasteiger partial charge on any atom is 0.246 e. The third-order valence-corrected chi connectivity index (χ3v) is 4.84. The molecule has 0 aliphatic carbocycles. The molecule has 0 unspecified atom stereocenters. The molecule has 0 aliphatic rings. The Bertz CT molecular complexity index is 880. The minimum atomic E-state index is -0.351. The first-order valence-corrected chi connectivity index (χ1v) is 9.76. The number of carbonyl (C=O) groups excluding carboxylic acids is 1. The maximum atomic E-state index is 12.7. The predicted molar refractivity (Wildman–Crippen MR) is 112 cm³/mol. The van der Waals surface area contributed by atoms with Crippen LogP contribution >= 0.6 is 11.8 Å². The smallest absolute Gasteiger partial charge is 0.246 e. The van der Waals surface area contributed by atoms with Gasteiger partial charge in [0, 0.05) is 21.8 Å². The summed E-state index contributed by atoms with van der Waals surface area (Å²) in [6, 6.07) is 25.6. The van der Waals surface area contributed by atoms with Crippen molar-refractivity contribution >= 4 is 29.0 Å². The van der Waals surface area contributed by atoms with Crippen molar-refractivity contribution in [2.75, 3.05) is 16.9 Å². The molecule has 3 aromatic carbocycles. The van der Waals surface area contributed by atoms with Gasteiger partial charge in [0.15, 0.2) is 0 Å². The summed E-state index contributed by atoms with van der Waals surface area (Å²) in [7, 11) is 0. The van der Waals surface area contributed by atoms with Crippen LogP contribution in [0.25, 0.3) is 11.1 Å². The Hall–Kier alpha value is -2.72. The molecule has 0 saturated carbocycles. The fourth-order valence-corrected chi connectivity index (χ4v) is 3.19. The molecule has 132 valence electrons. The lowest BCUT2D eigenvalue weighted by Gasteiger charge is -2.17. The number of rotatable bonds is 6. The zero-order valence-corrected chi connectivity index (χ0v) is 15.7. The molecule has 3 nitrogen and oxygen atoms in total. The Labute approximate surface area is 158 Å². The molecule has 2 N–H and O–H groups in total. The normalized spacial score (nSPS) is 11.6. The van der Waals surface area contributed by atoms with E-state index < -0.39 is 0 Å². The summed E-state index contributed by atoms with van der Waals surface area (Å²) >= 11 is 1.68. The molecule has 1 atom stereocenters. The quantitative estimate of drug-likeness (QED) is 0.568. The Morgan fingerprint density at radius 1 is 0.923 bits per heavy atom. The predicted octanol–water partition coefficient (Wildman–Crippen LogP) is 5.51. The second kappa shape index (κ2) is 8.59. The van der Waals surface area contributed by atoms with E-state index >= 15 is 0 Å². The second-order valence-corrected chi connectivity index (χ2v) is 6.88. The molecule has 0 aliphatic heterocycles. The largest absolute Gasteiger partial charge is 0.374 e. The first kappa shape index (κ1) is 18.1. The van der Waals surface area contributed by atoms with Gasteiger partial charge in [0.2, 0.25) is 5.91 Å². The Morgan fingerprint density at radius 2 is 1.65 bits per heavy atom. The monoisotopic (exact) mass is 362 g/mol. The van der Waals surface area contributed by atoms with Crippen molar-refractivity contribution in [3.63, 3.8) is 0 Å². The van der Waals surface area contributed by atoms with Gasteiger partial charge in [-0.05, 0) is 43.0 Å². The van der Waals surface area contributed by atoms with Crippen LogP contribution in [0.5, 0.6) is 0 Å². The van der Waals surface area contributed by atoms with Gasteiger partial charge in [-0.25, -0.2) is 0 Å². The molecule has 26 heavy (non-hydrogen) atoms. The summed E-state index contributed by atoms with van der Waals surface area (Å²) in [6.45, 7) is 1.87. The molecule has 3 rings (SSSR count). The van der Waals surface area contributed by atoms with Gasteiger partial charge >= 0.3 is 0 Å². The van der Waals surface area contributed by atoms with E-state index in [-0.39, 0.29) is 11.9 Å². The lowest BCUT2D eigenvalue weighted by Crippen LogP contribution is -2.32. The number of anilines is 2. The van der Waals surface area contributed by atoms with Crippen LogP contribution in [0, 0.1) is 0 Å². The molecule has 0 heterocycles. The van der Waals surface area contributed by atoms with Crippen LogP contribution in [0.2, 0.25) is 0 Å². The summed E-state index contributed by atoms with van der Waals surface area (Å²) in [6.07, 6.45) is 2.04. The average molecular weight is 362 g/mol. The van der Waals surface area contributed by atoms with Crippen LogP contribution < -0.4 is 10.6 Å². The minimum absolute atomic E-state index is 0.0667. The molecule has 0 spiro atoms. The van der Waals surface area contributed by atoms with Gasteiger partial charge in [-0.2, -0.15) is 0 Å². The lowest BCUT2D eigenvalue weighted by molar-refractivity contribution is -0.116. The van der Waals surface area contributed by atoms with E-state index in [4.69, 9.17) is 0 Å². The molecule has 0 aromatic heterocycles. The SMILES string of the molecule is CSc1cccc(N[C@H](C)C(=O)Nc2ccccc2-c2ccccc2)c1. The molecule has 0 radical (unpaired) electrons. The first-order valence-electron chi connectivity index (χ1n) is 8.53. The maximum absolute atomic E-state index is 12.7. The Balaban J connectivity index is 1.74. The molecule has 0 fully saturated rings. The van der Waals surface area contributed by atoms with Gasteiger partial charge < -0.3 is 10.6 Å². The van der Waals surface area contributed by atoms with Crippen molar-refractivity contribution in [1.82, 2.24) is 0 Å². The van der Waals surface area contributed by atoms with Crippen LogP contribution in [0.15, 0.2) is 83.8 Å². The van der Waals surface area contributed by atoms with Crippen molar-refractivity contribution in [2.45, 2.75) is 17.9 Å². The van der Waals surface area contributed by atoms with E-state index in [1.807, 2.05) is 86.0 Å². The number of carbonyl (C=O) groups is 1. The van der Waals surface area contributed by atoms with E-state index in [1.54, 1.807) is 11.8 Å². The average Bonchev–Trinajstić information content (AvgIpc) is 2.69. The van der Waals surface area contributed by atoms with Crippen molar-refractivity contribution in [3.05, 3.63) is 78.9 Å². The minimum Gasteiger partial charge on any atom is -0.374 e. The second-order valence-electron chi connectivity index (χ2n) is 6.00. The highest BCUT2D eigenvalue weighted by Gasteiger charge is 2.15. The van der Waals surface area contributed by atoms with Gasteiger partial charge in [-0.15, -0.1) is 11.8 Å². The lowest BCUT2D eigenvalue weighted by atomic mass is 10.0. The summed E-state index contributed by atoms with van der Waals surface area (Å²) in [5, 5.41) is 6.32. The number of thioether (sulfide) groups is 1. The van der Waals surface area contributed by atoms with Crippen molar-refractivity contribution < 1.29 is 4.79 Å². The number of hydrogen-bond donors (Lipinski definition) is 2. The van der Waals surface area contributed by atoms with E-state index in [1.165, 1.54) is 0 Å². The number of amides is 1. The number of hydrogen-bond acceptors (Lipinski definition) is 3. The molecular formula is C22H22N2OS. The Kier molecular flexibility index (Phi) is 5.97. The van der Waals surface area contributed by atoms with Crippen molar-refractivity contribution in [1.29, 1.82) is 0 Å². The summed E-state index contributed by atoms with van der Waals surface area (Å²) in [5.41, 5.74) is 3.85. The highest BCUT2D eigenvalue weighted by atomic mass is 32.2. The molecule has 0 saturated heterocycles. The van der Waals surface area contributed by atoms with Crippen molar-refractivity contribution in [3.8, 4) is 11.1 Å². The molecular weight excluding hydrogens is 340 g/mol. The van der Waals surface area contributed by atoms with Crippen LogP contribution in [0.4, 0.5) is 11.4 Å². The fraction of sp³-hybridized carbons (Fsp3) is 0.136. The standard InChI is InChI=1S/C22H22N2OS/c1-16(23-18-11-8-12-19(15-18)26-2)22(25)24-21-14-7-6-13-20(21)17-9-4-3-5-10-17/h3-16,23H,1-2H3,(H,24,25)/t16-/m1/s1.